The van der Waals surface area contributed by atoms with E-state index in [4.69, 9.17) is 10.5 Å². The van der Waals surface area contributed by atoms with E-state index in [0.717, 1.165) is 15.4 Å². The maximum absolute atomic E-state index is 14.1. The molecule has 12 heteroatoms. The van der Waals surface area contributed by atoms with Crippen molar-refractivity contribution in [1.82, 2.24) is 9.47 Å². The van der Waals surface area contributed by atoms with E-state index in [1.54, 1.807) is 67.6 Å². The molecule has 0 radical (unpaired) electrons. The summed E-state index contributed by atoms with van der Waals surface area (Å²) in [4.78, 5) is 42.6. The number of hydrogen-bond acceptors (Lipinski definition) is 6. The normalized spacial score (nSPS) is 11.8. The highest BCUT2D eigenvalue weighted by molar-refractivity contribution is 7.16. The zero-order valence-corrected chi connectivity index (χ0v) is 26.5. The molecule has 0 aliphatic heterocycles. The number of benzene rings is 3. The number of fused-ring (bicyclic) bond motifs is 1. The Hall–Kier alpha value is -5.23. The molecule has 0 bridgehead atoms. The van der Waals surface area contributed by atoms with Crippen LogP contribution in [0.2, 0.25) is 0 Å². The van der Waals surface area contributed by atoms with Crippen LogP contribution in [0, 0.1) is 12.7 Å². The van der Waals surface area contributed by atoms with Gasteiger partial charge in [0.05, 0.1) is 18.2 Å². The second-order valence-corrected chi connectivity index (χ2v) is 12.5. The number of aryl methyl sites for hydroxylation is 1. The molecule has 2 heterocycles. The van der Waals surface area contributed by atoms with Crippen molar-refractivity contribution in [3.63, 3.8) is 0 Å². The first-order valence-electron chi connectivity index (χ1n) is 14.7. The molecule has 10 nitrogen and oxygen atoms in total. The zero-order valence-electron chi connectivity index (χ0n) is 25.6. The molecule has 0 spiro atoms. The number of aromatic hydroxyl groups is 1. The number of urea groups is 1. The Labute approximate surface area is 269 Å². The Bertz CT molecular complexity index is 1870. The van der Waals surface area contributed by atoms with Crippen LogP contribution in [0.5, 0.6) is 5.75 Å². The van der Waals surface area contributed by atoms with E-state index < -0.39 is 23.9 Å². The quantitative estimate of drug-likeness (QED) is 0.135. The van der Waals surface area contributed by atoms with Crippen LogP contribution >= 0.6 is 11.3 Å². The van der Waals surface area contributed by atoms with Crippen molar-refractivity contribution >= 4 is 39.9 Å². The lowest BCUT2D eigenvalue weighted by molar-refractivity contribution is -0.506. The highest BCUT2D eigenvalue weighted by Crippen LogP contribution is 2.23. The number of thiazole rings is 1. The van der Waals surface area contributed by atoms with Crippen molar-refractivity contribution in [3.8, 4) is 5.75 Å². The lowest BCUT2D eigenvalue weighted by Gasteiger charge is -2.29. The summed E-state index contributed by atoms with van der Waals surface area (Å²) in [5.41, 5.74) is 8.76. The van der Waals surface area contributed by atoms with Gasteiger partial charge in [0, 0.05) is 17.0 Å². The highest BCUT2D eigenvalue weighted by Gasteiger charge is 2.32. The SMILES string of the molecule is Cc1c[n+]2cc(CN(C(=O)Nc3ccc(C(=O)OC(C)C)cc3)[C@@H](Cc3ccc(O)cc3)C(N)=O)n(Cc3cccc(F)c3)c2s1. The fourth-order valence-electron chi connectivity index (χ4n) is 5.11. The van der Waals surface area contributed by atoms with Crippen molar-refractivity contribution in [2.75, 3.05) is 5.32 Å². The van der Waals surface area contributed by atoms with Crippen LogP contribution in [-0.4, -0.2) is 44.6 Å². The van der Waals surface area contributed by atoms with E-state index in [-0.39, 0.29) is 30.6 Å². The smallest absolute Gasteiger partial charge is 0.346 e. The van der Waals surface area contributed by atoms with Crippen LogP contribution in [-0.2, 0) is 29.0 Å². The summed E-state index contributed by atoms with van der Waals surface area (Å²) < 4.78 is 23.3. The number of rotatable bonds is 11. The summed E-state index contributed by atoms with van der Waals surface area (Å²) in [5.74, 6) is -1.49. The van der Waals surface area contributed by atoms with Crippen molar-refractivity contribution in [1.29, 1.82) is 0 Å². The number of hydrogen-bond donors (Lipinski definition) is 3. The molecule has 5 rings (SSSR count). The van der Waals surface area contributed by atoms with Crippen LogP contribution in [0.4, 0.5) is 14.9 Å². The molecule has 0 fully saturated rings. The molecule has 2 aromatic heterocycles. The number of ether oxygens (including phenoxy) is 1. The third-order valence-corrected chi connectivity index (χ3v) is 8.31. The Morgan fingerprint density at radius 3 is 2.41 bits per heavy atom. The molecule has 238 valence electrons. The number of nitrogens with zero attached hydrogens (tertiary/aromatic N) is 3. The third-order valence-electron chi connectivity index (χ3n) is 7.27. The first kappa shape index (κ1) is 32.2. The lowest BCUT2D eigenvalue weighted by Crippen LogP contribution is -2.50. The van der Waals surface area contributed by atoms with E-state index in [2.05, 4.69) is 5.32 Å². The monoisotopic (exact) mass is 644 g/mol. The molecule has 1 atom stereocenters. The minimum absolute atomic E-state index is 0.0148. The van der Waals surface area contributed by atoms with Crippen LogP contribution in [0.15, 0.2) is 85.2 Å². The molecule has 3 aromatic carbocycles. The van der Waals surface area contributed by atoms with Crippen molar-refractivity contribution in [3.05, 3.63) is 118 Å². The Kier molecular flexibility index (Phi) is 9.67. The van der Waals surface area contributed by atoms with Gasteiger partial charge < -0.3 is 25.8 Å². The number of halogens is 1. The Balaban J connectivity index is 1.50. The average Bonchev–Trinajstić information content (AvgIpc) is 3.51. The van der Waals surface area contributed by atoms with Gasteiger partial charge in [0.25, 0.3) is 0 Å². The van der Waals surface area contributed by atoms with Gasteiger partial charge in [-0.25, -0.2) is 18.5 Å². The van der Waals surface area contributed by atoms with Crippen LogP contribution in [0.1, 0.15) is 45.9 Å². The molecule has 4 N–H and O–H groups in total. The number of primary amides is 1. The standard InChI is InChI=1S/C34H34FN5O5S/c1-21(2)45-32(43)25-9-11-27(12-10-25)37-33(44)40(30(31(36)42)16-23-7-13-29(41)14-8-23)20-28-19-38-17-22(3)46-34(38)39(28)18-24-5-4-6-26(35)15-24/h4-15,17,19,21,30H,16,18,20H2,1-3H3,(H3-,36,37,41,42,43,44)/p+1/t30-/m0/s1. The van der Waals surface area contributed by atoms with E-state index >= 15 is 0 Å². The number of esters is 1. The van der Waals surface area contributed by atoms with Gasteiger partial charge in [-0.05, 0) is 80.4 Å². The third kappa shape index (κ3) is 7.70. The predicted octanol–water partition coefficient (Wildman–Crippen LogP) is 5.19. The summed E-state index contributed by atoms with van der Waals surface area (Å²) >= 11 is 1.55. The predicted molar refractivity (Wildman–Crippen MR) is 172 cm³/mol. The minimum Gasteiger partial charge on any atom is -0.508 e. The fraction of sp³-hybridized carbons (Fsp3) is 0.235. The number of anilines is 1. The lowest BCUT2D eigenvalue weighted by atomic mass is 10.0. The van der Waals surface area contributed by atoms with Crippen molar-refractivity contribution in [2.24, 2.45) is 5.73 Å². The molecule has 5 aromatic rings. The topological polar surface area (TPSA) is 131 Å². The summed E-state index contributed by atoms with van der Waals surface area (Å²) in [5, 5.41) is 12.6. The molecule has 0 unspecified atom stereocenters. The number of phenolic OH excluding ortho intramolecular Hbond substituents is 1. The summed E-state index contributed by atoms with van der Waals surface area (Å²) in [7, 11) is 0. The molecule has 0 saturated heterocycles. The van der Waals surface area contributed by atoms with Gasteiger partial charge in [0.1, 0.15) is 36.5 Å². The average molecular weight is 645 g/mol. The summed E-state index contributed by atoms with van der Waals surface area (Å²) in [6.07, 6.45) is 3.65. The zero-order chi connectivity index (χ0) is 33.0. The second kappa shape index (κ2) is 13.8. The van der Waals surface area contributed by atoms with Gasteiger partial charge in [-0.2, -0.15) is 4.40 Å². The van der Waals surface area contributed by atoms with E-state index in [1.165, 1.54) is 29.2 Å². The van der Waals surface area contributed by atoms with Crippen LogP contribution in [0.3, 0.4) is 0 Å². The first-order valence-corrected chi connectivity index (χ1v) is 15.5. The Morgan fingerprint density at radius 1 is 1.04 bits per heavy atom. The second-order valence-electron chi connectivity index (χ2n) is 11.2. The number of aromatic nitrogens is 2. The van der Waals surface area contributed by atoms with Gasteiger partial charge in [-0.3, -0.25) is 4.79 Å². The molecule has 0 saturated carbocycles. The molecular weight excluding hydrogens is 609 g/mol. The van der Waals surface area contributed by atoms with Gasteiger partial charge in [0.2, 0.25) is 5.91 Å². The van der Waals surface area contributed by atoms with E-state index in [9.17, 15) is 23.9 Å². The maximum atomic E-state index is 14.1. The van der Waals surface area contributed by atoms with Gasteiger partial charge in [-0.1, -0.05) is 35.6 Å². The molecule has 0 aliphatic rings. The van der Waals surface area contributed by atoms with Gasteiger partial charge >= 0.3 is 17.0 Å². The number of phenols is 1. The van der Waals surface area contributed by atoms with Gasteiger partial charge in [-0.15, -0.1) is 0 Å². The molecule has 0 aliphatic carbocycles. The highest BCUT2D eigenvalue weighted by atomic mass is 32.1. The molecular formula is C34H35FN5O5S+. The summed E-state index contributed by atoms with van der Waals surface area (Å²) in [6.45, 7) is 5.81. The number of imidazole rings is 1. The van der Waals surface area contributed by atoms with E-state index in [0.29, 0.717) is 29.1 Å². The van der Waals surface area contributed by atoms with Crippen molar-refractivity contribution < 1.29 is 33.0 Å². The van der Waals surface area contributed by atoms with E-state index in [1.807, 2.05) is 34.4 Å². The summed E-state index contributed by atoms with van der Waals surface area (Å²) in [6, 6.07) is 17.2. The number of nitrogens with two attached hydrogens (primary N) is 1. The van der Waals surface area contributed by atoms with Crippen LogP contribution in [0.25, 0.3) is 4.96 Å². The number of carbonyl (C=O) groups excluding carboxylic acids is 3. The first-order chi connectivity index (χ1) is 22.0. The Morgan fingerprint density at radius 2 is 1.76 bits per heavy atom. The van der Waals surface area contributed by atoms with Crippen LogP contribution < -0.4 is 15.5 Å². The largest absolute Gasteiger partial charge is 0.508 e. The minimum atomic E-state index is -1.08. The number of carbonyl (C=O) groups is 3. The number of amides is 3. The van der Waals surface area contributed by atoms with Crippen molar-refractivity contribution in [2.45, 2.75) is 52.4 Å². The fourth-order valence-corrected chi connectivity index (χ4v) is 6.07. The molecule has 3 amide bonds. The number of nitrogens with one attached hydrogen (secondary N) is 1. The maximum Gasteiger partial charge on any atom is 0.346 e. The molecule has 46 heavy (non-hydrogen) atoms. The van der Waals surface area contributed by atoms with Gasteiger partial charge in [0.15, 0.2) is 5.69 Å².